The molecule has 2 amide bonds. The monoisotopic (exact) mass is 276 g/mol. The summed E-state index contributed by atoms with van der Waals surface area (Å²) in [5, 5.41) is 14.6. The van der Waals surface area contributed by atoms with E-state index in [0.717, 1.165) is 18.4 Å². The second-order valence-electron chi connectivity index (χ2n) is 5.31. The zero-order valence-corrected chi connectivity index (χ0v) is 11.5. The average Bonchev–Trinajstić information content (AvgIpc) is 3.22. The molecule has 1 aliphatic carbocycles. The van der Waals surface area contributed by atoms with Crippen LogP contribution in [0.2, 0.25) is 0 Å². The highest BCUT2D eigenvalue weighted by Crippen LogP contribution is 2.32. The minimum atomic E-state index is -0.936. The molecule has 0 heterocycles. The number of hydrogen-bond donors (Lipinski definition) is 3. The molecule has 0 spiro atoms. The van der Waals surface area contributed by atoms with Crippen molar-refractivity contribution in [3.8, 4) is 0 Å². The lowest BCUT2D eigenvalue weighted by Gasteiger charge is -2.20. The molecule has 2 rings (SSSR count). The fourth-order valence-corrected chi connectivity index (χ4v) is 2.23. The van der Waals surface area contributed by atoms with Gasteiger partial charge < -0.3 is 15.7 Å². The molecule has 5 nitrogen and oxygen atoms in total. The van der Waals surface area contributed by atoms with Crippen LogP contribution in [0.4, 0.5) is 4.79 Å². The lowest BCUT2D eigenvalue weighted by molar-refractivity contribution is -0.137. The highest BCUT2D eigenvalue weighted by molar-refractivity contribution is 5.76. The van der Waals surface area contributed by atoms with Gasteiger partial charge in [-0.2, -0.15) is 0 Å². The van der Waals surface area contributed by atoms with Crippen LogP contribution in [0.1, 0.15) is 37.8 Å². The first-order valence-corrected chi connectivity index (χ1v) is 6.90. The van der Waals surface area contributed by atoms with Crippen molar-refractivity contribution in [1.29, 1.82) is 0 Å². The standard InChI is InChI=1S/C15H20N2O3/c1-10(11-7-8-11)16-15(20)17-13(9-14(18)19)12-5-3-2-4-6-12/h2-6,10-11,13H,7-9H2,1H3,(H,18,19)(H2,16,17,20). The normalized spacial score (nSPS) is 17.1. The Bertz CT molecular complexity index is 471. The summed E-state index contributed by atoms with van der Waals surface area (Å²) in [5.74, 6) is -0.371. The number of amides is 2. The Hall–Kier alpha value is -2.04. The van der Waals surface area contributed by atoms with Crippen LogP contribution in [-0.4, -0.2) is 23.1 Å². The van der Waals surface area contributed by atoms with E-state index in [1.54, 1.807) is 0 Å². The summed E-state index contributed by atoms with van der Waals surface area (Å²) < 4.78 is 0. The molecule has 0 saturated heterocycles. The SMILES string of the molecule is CC(NC(=O)NC(CC(=O)O)c1ccccc1)C1CC1. The molecule has 20 heavy (non-hydrogen) atoms. The van der Waals surface area contributed by atoms with Gasteiger partial charge in [0.15, 0.2) is 0 Å². The molecular formula is C15H20N2O3. The first kappa shape index (κ1) is 14.4. The molecule has 1 aromatic rings. The molecule has 1 aromatic carbocycles. The Morgan fingerprint density at radius 3 is 2.45 bits per heavy atom. The number of rotatable bonds is 6. The number of nitrogens with one attached hydrogen (secondary N) is 2. The van der Waals surface area contributed by atoms with Gasteiger partial charge in [-0.05, 0) is 31.2 Å². The van der Waals surface area contributed by atoms with Crippen molar-refractivity contribution in [1.82, 2.24) is 10.6 Å². The first-order chi connectivity index (χ1) is 9.56. The molecule has 108 valence electrons. The molecule has 5 heteroatoms. The number of urea groups is 1. The maximum atomic E-state index is 11.9. The van der Waals surface area contributed by atoms with Gasteiger partial charge in [0.05, 0.1) is 12.5 Å². The van der Waals surface area contributed by atoms with Crippen molar-refractivity contribution in [2.24, 2.45) is 5.92 Å². The van der Waals surface area contributed by atoms with Crippen LogP contribution >= 0.6 is 0 Å². The van der Waals surface area contributed by atoms with Crippen LogP contribution in [0, 0.1) is 5.92 Å². The summed E-state index contributed by atoms with van der Waals surface area (Å²) in [6, 6.07) is 8.47. The van der Waals surface area contributed by atoms with Gasteiger partial charge in [0.1, 0.15) is 0 Å². The number of carbonyl (C=O) groups is 2. The second kappa shape index (κ2) is 6.41. The van der Waals surface area contributed by atoms with Gasteiger partial charge in [0, 0.05) is 6.04 Å². The van der Waals surface area contributed by atoms with Crippen molar-refractivity contribution < 1.29 is 14.7 Å². The molecular weight excluding hydrogens is 256 g/mol. The number of carboxylic acids is 1. The fraction of sp³-hybridized carbons (Fsp3) is 0.467. The molecule has 1 fully saturated rings. The topological polar surface area (TPSA) is 78.4 Å². The zero-order chi connectivity index (χ0) is 14.5. The van der Waals surface area contributed by atoms with Crippen LogP contribution in [0.15, 0.2) is 30.3 Å². The quantitative estimate of drug-likeness (QED) is 0.746. The highest BCUT2D eigenvalue weighted by atomic mass is 16.4. The van der Waals surface area contributed by atoms with E-state index in [0.29, 0.717) is 5.92 Å². The van der Waals surface area contributed by atoms with E-state index < -0.39 is 12.0 Å². The van der Waals surface area contributed by atoms with E-state index in [1.807, 2.05) is 37.3 Å². The third kappa shape index (κ3) is 4.26. The van der Waals surface area contributed by atoms with Gasteiger partial charge in [-0.3, -0.25) is 4.79 Å². The van der Waals surface area contributed by atoms with Gasteiger partial charge in [-0.1, -0.05) is 30.3 Å². The molecule has 0 radical (unpaired) electrons. The lowest BCUT2D eigenvalue weighted by atomic mass is 10.0. The Kier molecular flexibility index (Phi) is 4.61. The summed E-state index contributed by atoms with van der Waals surface area (Å²) in [4.78, 5) is 22.9. The summed E-state index contributed by atoms with van der Waals surface area (Å²) in [6.07, 6.45) is 2.17. The number of carbonyl (C=O) groups excluding carboxylic acids is 1. The predicted octanol–water partition coefficient (Wildman–Crippen LogP) is 2.30. The van der Waals surface area contributed by atoms with Crippen molar-refractivity contribution >= 4 is 12.0 Å². The Morgan fingerprint density at radius 2 is 1.90 bits per heavy atom. The van der Waals surface area contributed by atoms with Crippen LogP contribution in [0.25, 0.3) is 0 Å². The van der Waals surface area contributed by atoms with E-state index in [-0.39, 0.29) is 18.5 Å². The fourth-order valence-electron chi connectivity index (χ4n) is 2.23. The van der Waals surface area contributed by atoms with E-state index in [2.05, 4.69) is 10.6 Å². The van der Waals surface area contributed by atoms with Gasteiger partial charge >= 0.3 is 12.0 Å². The maximum Gasteiger partial charge on any atom is 0.315 e. The molecule has 0 aromatic heterocycles. The number of benzene rings is 1. The van der Waals surface area contributed by atoms with Gasteiger partial charge in [0.25, 0.3) is 0 Å². The van der Waals surface area contributed by atoms with E-state index in [1.165, 1.54) is 0 Å². The highest BCUT2D eigenvalue weighted by Gasteiger charge is 2.29. The third-order valence-corrected chi connectivity index (χ3v) is 3.57. The Morgan fingerprint density at radius 1 is 1.25 bits per heavy atom. The molecule has 2 unspecified atom stereocenters. The largest absolute Gasteiger partial charge is 0.481 e. The molecule has 0 bridgehead atoms. The van der Waals surface area contributed by atoms with Gasteiger partial charge in [-0.25, -0.2) is 4.79 Å². The van der Waals surface area contributed by atoms with E-state index in [9.17, 15) is 9.59 Å². The average molecular weight is 276 g/mol. The van der Waals surface area contributed by atoms with Crippen LogP contribution in [-0.2, 0) is 4.79 Å². The summed E-state index contributed by atoms with van der Waals surface area (Å²) in [5.41, 5.74) is 0.795. The van der Waals surface area contributed by atoms with Gasteiger partial charge in [0.2, 0.25) is 0 Å². The minimum Gasteiger partial charge on any atom is -0.481 e. The smallest absolute Gasteiger partial charge is 0.315 e. The first-order valence-electron chi connectivity index (χ1n) is 6.90. The van der Waals surface area contributed by atoms with Crippen LogP contribution in [0.3, 0.4) is 0 Å². The minimum absolute atomic E-state index is 0.130. The molecule has 1 aliphatic rings. The van der Waals surface area contributed by atoms with E-state index in [4.69, 9.17) is 5.11 Å². The summed E-state index contributed by atoms with van der Waals surface area (Å²) in [6.45, 7) is 1.98. The maximum absolute atomic E-state index is 11.9. The van der Waals surface area contributed by atoms with Crippen LogP contribution in [0.5, 0.6) is 0 Å². The molecule has 2 atom stereocenters. The molecule has 1 saturated carbocycles. The number of aliphatic carboxylic acids is 1. The molecule has 0 aliphatic heterocycles. The number of carboxylic acid groups (broad SMARTS) is 1. The predicted molar refractivity (Wildman–Crippen MR) is 75.3 cm³/mol. The van der Waals surface area contributed by atoms with Crippen molar-refractivity contribution in [3.05, 3.63) is 35.9 Å². The van der Waals surface area contributed by atoms with Crippen LogP contribution < -0.4 is 10.6 Å². The van der Waals surface area contributed by atoms with Gasteiger partial charge in [-0.15, -0.1) is 0 Å². The zero-order valence-electron chi connectivity index (χ0n) is 11.5. The van der Waals surface area contributed by atoms with Crippen molar-refractivity contribution in [2.75, 3.05) is 0 Å². The lowest BCUT2D eigenvalue weighted by Crippen LogP contribution is -2.43. The Balaban J connectivity index is 1.96. The Labute approximate surface area is 118 Å². The third-order valence-electron chi connectivity index (χ3n) is 3.57. The van der Waals surface area contributed by atoms with Crippen molar-refractivity contribution in [2.45, 2.75) is 38.3 Å². The van der Waals surface area contributed by atoms with E-state index >= 15 is 0 Å². The number of hydrogen-bond acceptors (Lipinski definition) is 2. The molecule has 3 N–H and O–H groups in total. The summed E-state index contributed by atoms with van der Waals surface area (Å²) >= 11 is 0. The summed E-state index contributed by atoms with van der Waals surface area (Å²) in [7, 11) is 0. The second-order valence-corrected chi connectivity index (χ2v) is 5.31. The van der Waals surface area contributed by atoms with Crippen molar-refractivity contribution in [3.63, 3.8) is 0 Å².